The van der Waals surface area contributed by atoms with Crippen molar-refractivity contribution in [2.75, 3.05) is 11.5 Å². The van der Waals surface area contributed by atoms with Gasteiger partial charge in [-0.05, 0) is 81.3 Å². The van der Waals surface area contributed by atoms with Crippen LogP contribution in [0, 0.1) is 6.92 Å². The predicted molar refractivity (Wildman–Crippen MR) is 145 cm³/mol. The van der Waals surface area contributed by atoms with Crippen LogP contribution < -0.4 is 14.4 Å². The van der Waals surface area contributed by atoms with Gasteiger partial charge in [0.1, 0.15) is 17.3 Å². The molecule has 2 N–H and O–H groups in total. The molecule has 3 aromatic carbocycles. The molecule has 194 valence electrons. The van der Waals surface area contributed by atoms with Gasteiger partial charge in [-0.2, -0.15) is 0 Å². The molecule has 8 heteroatoms. The number of aromatic amines is 1. The molecular formula is C30H29N3O5. The van der Waals surface area contributed by atoms with Crippen LogP contribution in [0.3, 0.4) is 0 Å². The number of nitrogens with one attached hydrogen (secondary N) is 1. The highest BCUT2D eigenvalue weighted by molar-refractivity contribution is 6.51. The smallest absolute Gasteiger partial charge is 0.302 e. The van der Waals surface area contributed by atoms with E-state index >= 15 is 0 Å². The van der Waals surface area contributed by atoms with Crippen LogP contribution in [0.2, 0.25) is 0 Å². The first-order chi connectivity index (χ1) is 18.3. The number of para-hydroxylation sites is 2. The topological polar surface area (TPSA) is 105 Å². The van der Waals surface area contributed by atoms with Gasteiger partial charge in [-0.25, -0.2) is 4.98 Å². The second kappa shape index (κ2) is 10.0. The molecule has 0 spiro atoms. The van der Waals surface area contributed by atoms with Crippen molar-refractivity contribution in [2.24, 2.45) is 0 Å². The van der Waals surface area contributed by atoms with Crippen molar-refractivity contribution in [1.29, 1.82) is 0 Å². The summed E-state index contributed by atoms with van der Waals surface area (Å²) in [5.74, 6) is -0.262. The number of aliphatic hydroxyl groups is 1. The number of imidazole rings is 1. The van der Waals surface area contributed by atoms with Crippen molar-refractivity contribution in [1.82, 2.24) is 9.97 Å². The van der Waals surface area contributed by atoms with Crippen LogP contribution in [0.5, 0.6) is 11.5 Å². The van der Waals surface area contributed by atoms with Gasteiger partial charge in [-0.3, -0.25) is 14.5 Å². The van der Waals surface area contributed by atoms with Crippen LogP contribution in [0.1, 0.15) is 43.5 Å². The van der Waals surface area contributed by atoms with E-state index in [9.17, 15) is 14.7 Å². The van der Waals surface area contributed by atoms with E-state index in [1.807, 2.05) is 52.0 Å². The Balaban J connectivity index is 1.67. The Kier molecular flexibility index (Phi) is 6.63. The Morgan fingerprint density at radius 1 is 1.08 bits per heavy atom. The van der Waals surface area contributed by atoms with Gasteiger partial charge in [-0.15, -0.1) is 0 Å². The number of H-pyrrole nitrogens is 1. The summed E-state index contributed by atoms with van der Waals surface area (Å²) in [5.41, 5.74) is 3.21. The fourth-order valence-corrected chi connectivity index (χ4v) is 4.69. The van der Waals surface area contributed by atoms with E-state index in [-0.39, 0.29) is 23.4 Å². The van der Waals surface area contributed by atoms with Crippen molar-refractivity contribution in [3.63, 3.8) is 0 Å². The van der Waals surface area contributed by atoms with Crippen LogP contribution in [-0.2, 0) is 9.59 Å². The van der Waals surface area contributed by atoms with Crippen molar-refractivity contribution >= 4 is 34.4 Å². The molecule has 1 fully saturated rings. The average molecular weight is 512 g/mol. The number of aromatic nitrogens is 2. The Morgan fingerprint density at radius 3 is 2.47 bits per heavy atom. The summed E-state index contributed by atoms with van der Waals surface area (Å²) in [7, 11) is 0. The monoisotopic (exact) mass is 511 g/mol. The third-order valence-corrected chi connectivity index (χ3v) is 6.37. The molecular weight excluding hydrogens is 482 g/mol. The number of aliphatic hydroxyl groups excluding tert-OH is 1. The molecule has 38 heavy (non-hydrogen) atoms. The lowest BCUT2D eigenvalue weighted by molar-refractivity contribution is -0.132. The normalized spacial score (nSPS) is 17.0. The maximum absolute atomic E-state index is 13.5. The fraction of sp³-hybridized carbons (Fsp3) is 0.233. The molecule has 1 unspecified atom stereocenters. The van der Waals surface area contributed by atoms with E-state index in [0.29, 0.717) is 34.7 Å². The average Bonchev–Trinajstić information content (AvgIpc) is 3.43. The standard InChI is InChI=1S/C30H29N3O5/c1-5-37-24-15-12-20(16-18(24)4)27(34)25-26(19-10-13-21(14-11-19)38-17(2)3)33(29(36)28(25)35)30-31-22-8-6-7-9-23(22)32-30/h6-17,26,34H,5H2,1-4H3,(H,31,32)/b27-25+. The molecule has 2 heterocycles. The number of amides is 1. The van der Waals surface area contributed by atoms with Gasteiger partial charge in [0.25, 0.3) is 5.78 Å². The zero-order valence-electron chi connectivity index (χ0n) is 21.7. The van der Waals surface area contributed by atoms with Gasteiger partial charge in [0.15, 0.2) is 0 Å². The minimum Gasteiger partial charge on any atom is -0.507 e. The maximum Gasteiger partial charge on any atom is 0.302 e. The summed E-state index contributed by atoms with van der Waals surface area (Å²) in [4.78, 5) is 36.0. The molecule has 1 atom stereocenters. The van der Waals surface area contributed by atoms with Gasteiger partial charge >= 0.3 is 5.91 Å². The van der Waals surface area contributed by atoms with Crippen molar-refractivity contribution < 1.29 is 24.2 Å². The molecule has 1 aliphatic rings. The molecule has 8 nitrogen and oxygen atoms in total. The van der Waals surface area contributed by atoms with E-state index in [2.05, 4.69) is 9.97 Å². The van der Waals surface area contributed by atoms with Gasteiger partial charge in [0, 0.05) is 5.56 Å². The lowest BCUT2D eigenvalue weighted by atomic mass is 9.94. The van der Waals surface area contributed by atoms with Crippen molar-refractivity contribution in [2.45, 2.75) is 39.8 Å². The third-order valence-electron chi connectivity index (χ3n) is 6.37. The van der Waals surface area contributed by atoms with Gasteiger partial charge in [0.05, 0.1) is 35.4 Å². The summed E-state index contributed by atoms with van der Waals surface area (Å²) >= 11 is 0. The molecule has 1 aromatic heterocycles. The number of ketones is 1. The Hall–Kier alpha value is -4.59. The molecule has 0 radical (unpaired) electrons. The molecule has 4 aromatic rings. The Morgan fingerprint density at radius 2 is 1.82 bits per heavy atom. The Bertz CT molecular complexity index is 1520. The molecule has 1 saturated heterocycles. The third kappa shape index (κ3) is 4.49. The number of rotatable bonds is 7. The number of hydrogen-bond donors (Lipinski definition) is 2. The van der Waals surface area contributed by atoms with E-state index in [0.717, 1.165) is 11.1 Å². The lowest BCUT2D eigenvalue weighted by Gasteiger charge is -2.23. The van der Waals surface area contributed by atoms with Crippen LogP contribution in [0.15, 0.2) is 72.3 Å². The second-order valence-corrected chi connectivity index (χ2v) is 9.40. The second-order valence-electron chi connectivity index (χ2n) is 9.40. The zero-order chi connectivity index (χ0) is 27.0. The van der Waals surface area contributed by atoms with Crippen LogP contribution >= 0.6 is 0 Å². The van der Waals surface area contributed by atoms with Gasteiger partial charge in [-0.1, -0.05) is 24.3 Å². The number of ether oxygens (including phenoxy) is 2. The quantitative estimate of drug-likeness (QED) is 0.188. The fourth-order valence-electron chi connectivity index (χ4n) is 4.69. The first kappa shape index (κ1) is 25.1. The first-order valence-corrected chi connectivity index (χ1v) is 12.5. The largest absolute Gasteiger partial charge is 0.507 e. The van der Waals surface area contributed by atoms with Gasteiger partial charge in [0.2, 0.25) is 5.95 Å². The van der Waals surface area contributed by atoms with E-state index in [1.54, 1.807) is 42.5 Å². The molecule has 0 bridgehead atoms. The molecule has 0 aliphatic carbocycles. The summed E-state index contributed by atoms with van der Waals surface area (Å²) in [6.45, 7) is 8.13. The van der Waals surface area contributed by atoms with Crippen molar-refractivity contribution in [3.8, 4) is 11.5 Å². The number of benzene rings is 3. The summed E-state index contributed by atoms with van der Waals surface area (Å²) in [6.07, 6.45) is -0.00932. The number of carbonyl (C=O) groups excluding carboxylic acids is 2. The SMILES string of the molecule is CCOc1ccc(/C(O)=C2\C(=O)C(=O)N(c3nc4ccccc4[nH]3)C2c2ccc(OC(C)C)cc2)cc1C. The highest BCUT2D eigenvalue weighted by Crippen LogP contribution is 2.42. The van der Waals surface area contributed by atoms with Crippen molar-refractivity contribution in [3.05, 3.63) is 89.0 Å². The van der Waals surface area contributed by atoms with Crippen LogP contribution in [0.25, 0.3) is 16.8 Å². The van der Waals surface area contributed by atoms with E-state index < -0.39 is 17.7 Å². The number of Topliss-reactive ketones (excluding diaryl/α,β-unsaturated/α-hetero) is 1. The highest BCUT2D eigenvalue weighted by atomic mass is 16.5. The minimum absolute atomic E-state index is 0.00932. The number of fused-ring (bicyclic) bond motifs is 1. The molecule has 5 rings (SSSR count). The molecule has 1 amide bonds. The summed E-state index contributed by atoms with van der Waals surface area (Å²) in [6, 6.07) is 18.8. The number of aryl methyl sites for hydroxylation is 1. The van der Waals surface area contributed by atoms with Crippen LogP contribution in [0.4, 0.5) is 5.95 Å². The zero-order valence-corrected chi connectivity index (χ0v) is 21.7. The van der Waals surface area contributed by atoms with E-state index in [1.165, 1.54) is 4.90 Å². The number of nitrogens with zero attached hydrogens (tertiary/aromatic N) is 2. The predicted octanol–water partition coefficient (Wildman–Crippen LogP) is 5.68. The molecule has 0 saturated carbocycles. The lowest BCUT2D eigenvalue weighted by Crippen LogP contribution is -2.30. The minimum atomic E-state index is -0.907. The first-order valence-electron chi connectivity index (χ1n) is 12.5. The van der Waals surface area contributed by atoms with E-state index in [4.69, 9.17) is 9.47 Å². The number of anilines is 1. The number of hydrogen-bond acceptors (Lipinski definition) is 6. The summed E-state index contributed by atoms with van der Waals surface area (Å²) in [5, 5.41) is 11.4. The van der Waals surface area contributed by atoms with Crippen LogP contribution in [-0.4, -0.2) is 39.5 Å². The Labute approximate surface area is 220 Å². The van der Waals surface area contributed by atoms with Gasteiger partial charge < -0.3 is 19.6 Å². The highest BCUT2D eigenvalue weighted by Gasteiger charge is 2.48. The maximum atomic E-state index is 13.5. The summed E-state index contributed by atoms with van der Waals surface area (Å²) < 4.78 is 11.4. The number of carbonyl (C=O) groups is 2. The molecule has 1 aliphatic heterocycles.